The summed E-state index contributed by atoms with van der Waals surface area (Å²) in [6, 6.07) is 0. The molecule has 6 heteroatoms. The minimum absolute atomic E-state index is 0.00867. The van der Waals surface area contributed by atoms with E-state index in [1.165, 1.54) is 0 Å². The Labute approximate surface area is 139 Å². The van der Waals surface area contributed by atoms with Gasteiger partial charge in [0.05, 0.1) is 19.0 Å². The smallest absolute Gasteiger partial charge is 0.349 e. The van der Waals surface area contributed by atoms with Gasteiger partial charge in [0.2, 0.25) is 0 Å². The number of aromatic nitrogens is 2. The van der Waals surface area contributed by atoms with E-state index in [-0.39, 0.29) is 28.5 Å². The molecule has 0 amide bonds. The number of ether oxygens (including phenoxy) is 1. The molecule has 23 heavy (non-hydrogen) atoms. The van der Waals surface area contributed by atoms with Crippen LogP contribution in [0.3, 0.4) is 0 Å². The number of imidazole rings is 1. The van der Waals surface area contributed by atoms with Crippen molar-refractivity contribution in [3.8, 4) is 0 Å². The Morgan fingerprint density at radius 3 is 2.35 bits per heavy atom. The quantitative estimate of drug-likeness (QED) is 0.578. The summed E-state index contributed by atoms with van der Waals surface area (Å²) in [6.45, 7) is 14.0. The summed E-state index contributed by atoms with van der Waals surface area (Å²) in [4.78, 5) is 4.08. The van der Waals surface area contributed by atoms with Crippen LogP contribution in [-0.2, 0) is 13.6 Å². The van der Waals surface area contributed by atoms with E-state index in [2.05, 4.69) is 58.7 Å². The number of hydrogen-bond donors (Lipinski definition) is 0. The Bertz CT molecular complexity index is 558. The standard InChI is InChI=1S/C17H28N2O3Si/c1-16(2,3)23(17(4,5)6)20-11-14-13(22-23)7-8-15(21-14)19-10-9-18-12-19/h7-10,12-15H,11H2,1-6H3. The summed E-state index contributed by atoms with van der Waals surface area (Å²) in [5.41, 5.74) is 0. The van der Waals surface area contributed by atoms with Crippen molar-refractivity contribution in [1.82, 2.24) is 9.55 Å². The molecule has 0 radical (unpaired) electrons. The molecule has 0 aromatic carbocycles. The maximum atomic E-state index is 6.65. The monoisotopic (exact) mass is 336 g/mol. The lowest BCUT2D eigenvalue weighted by atomic mass is 10.1. The molecule has 1 fully saturated rings. The van der Waals surface area contributed by atoms with Crippen molar-refractivity contribution in [3.05, 3.63) is 30.9 Å². The predicted octanol–water partition coefficient (Wildman–Crippen LogP) is 3.79. The average Bonchev–Trinajstić information content (AvgIpc) is 2.98. The van der Waals surface area contributed by atoms with Crippen LogP contribution in [0.1, 0.15) is 47.8 Å². The van der Waals surface area contributed by atoms with E-state index in [1.807, 2.05) is 10.8 Å². The van der Waals surface area contributed by atoms with Gasteiger partial charge in [0.25, 0.3) is 0 Å². The normalized spacial score (nSPS) is 31.0. The van der Waals surface area contributed by atoms with E-state index in [0.717, 1.165) is 0 Å². The zero-order valence-corrected chi connectivity index (χ0v) is 15.9. The van der Waals surface area contributed by atoms with E-state index < -0.39 is 8.56 Å². The molecular formula is C17H28N2O3Si. The van der Waals surface area contributed by atoms with E-state index in [9.17, 15) is 0 Å². The zero-order chi connectivity index (χ0) is 16.9. The minimum atomic E-state index is -2.43. The van der Waals surface area contributed by atoms with E-state index >= 15 is 0 Å². The molecule has 128 valence electrons. The summed E-state index contributed by atoms with van der Waals surface area (Å²) < 4.78 is 21.2. The Morgan fingerprint density at radius 1 is 1.09 bits per heavy atom. The maximum Gasteiger partial charge on any atom is 0.349 e. The third-order valence-electron chi connectivity index (χ3n) is 4.69. The summed E-state index contributed by atoms with van der Waals surface area (Å²) in [7, 11) is -2.43. The summed E-state index contributed by atoms with van der Waals surface area (Å²) >= 11 is 0. The van der Waals surface area contributed by atoms with Gasteiger partial charge < -0.3 is 18.2 Å². The van der Waals surface area contributed by atoms with Crippen molar-refractivity contribution in [2.75, 3.05) is 6.61 Å². The Balaban J connectivity index is 1.85. The largest absolute Gasteiger partial charge is 0.391 e. The van der Waals surface area contributed by atoms with Crippen molar-refractivity contribution >= 4 is 8.56 Å². The van der Waals surface area contributed by atoms with Gasteiger partial charge in [0.15, 0.2) is 6.23 Å². The fourth-order valence-corrected chi connectivity index (χ4v) is 8.71. The molecular weight excluding hydrogens is 308 g/mol. The van der Waals surface area contributed by atoms with Crippen LogP contribution in [0.5, 0.6) is 0 Å². The summed E-state index contributed by atoms with van der Waals surface area (Å²) in [5, 5.41) is -0.0173. The van der Waals surface area contributed by atoms with Crippen molar-refractivity contribution < 1.29 is 13.6 Å². The van der Waals surface area contributed by atoms with Gasteiger partial charge in [-0.15, -0.1) is 0 Å². The van der Waals surface area contributed by atoms with Crippen LogP contribution in [0, 0.1) is 0 Å². The van der Waals surface area contributed by atoms with Gasteiger partial charge in [-0.05, 0) is 6.08 Å². The summed E-state index contributed by atoms with van der Waals surface area (Å²) in [6.07, 6.45) is 9.38. The molecule has 3 unspecified atom stereocenters. The lowest BCUT2D eigenvalue weighted by Gasteiger charge is -2.55. The lowest BCUT2D eigenvalue weighted by molar-refractivity contribution is -0.133. The van der Waals surface area contributed by atoms with Crippen LogP contribution in [0.25, 0.3) is 0 Å². The van der Waals surface area contributed by atoms with Crippen LogP contribution >= 0.6 is 0 Å². The van der Waals surface area contributed by atoms with Gasteiger partial charge >= 0.3 is 8.56 Å². The van der Waals surface area contributed by atoms with Gasteiger partial charge in [-0.25, -0.2) is 4.98 Å². The molecule has 3 rings (SSSR count). The van der Waals surface area contributed by atoms with Crippen LogP contribution in [0.15, 0.2) is 30.9 Å². The third kappa shape index (κ3) is 2.82. The highest BCUT2D eigenvalue weighted by Crippen LogP contribution is 2.54. The minimum Gasteiger partial charge on any atom is -0.391 e. The highest BCUT2D eigenvalue weighted by Gasteiger charge is 2.62. The van der Waals surface area contributed by atoms with Crippen molar-refractivity contribution in [2.24, 2.45) is 0 Å². The second-order valence-corrected chi connectivity index (χ2v) is 13.2. The Hall–Kier alpha value is -0.953. The number of nitrogens with zero attached hydrogens (tertiary/aromatic N) is 2. The van der Waals surface area contributed by atoms with Crippen LogP contribution < -0.4 is 0 Å². The van der Waals surface area contributed by atoms with Crippen molar-refractivity contribution in [3.63, 3.8) is 0 Å². The SMILES string of the molecule is CC(C)(C)[Si]1(C(C)(C)C)OCC2OC(n3ccnc3)C=CC2O1. The second kappa shape index (κ2) is 5.55. The Morgan fingerprint density at radius 2 is 1.78 bits per heavy atom. The van der Waals surface area contributed by atoms with E-state index in [0.29, 0.717) is 6.61 Å². The molecule has 0 bridgehead atoms. The first-order valence-electron chi connectivity index (χ1n) is 8.27. The number of hydrogen-bond acceptors (Lipinski definition) is 4. The molecule has 0 aliphatic carbocycles. The number of rotatable bonds is 1. The van der Waals surface area contributed by atoms with Gasteiger partial charge in [-0.2, -0.15) is 0 Å². The van der Waals surface area contributed by atoms with Crippen LogP contribution in [0.4, 0.5) is 0 Å². The molecule has 5 nitrogen and oxygen atoms in total. The molecule has 2 aliphatic heterocycles. The van der Waals surface area contributed by atoms with Crippen molar-refractivity contribution in [2.45, 2.75) is 70.1 Å². The van der Waals surface area contributed by atoms with Gasteiger partial charge in [0, 0.05) is 22.5 Å². The van der Waals surface area contributed by atoms with Crippen molar-refractivity contribution in [1.29, 1.82) is 0 Å². The molecule has 0 saturated carbocycles. The highest BCUT2D eigenvalue weighted by atomic mass is 28.4. The average molecular weight is 337 g/mol. The van der Waals surface area contributed by atoms with Gasteiger partial charge in [-0.1, -0.05) is 47.6 Å². The maximum absolute atomic E-state index is 6.65. The van der Waals surface area contributed by atoms with Gasteiger partial charge in [-0.3, -0.25) is 0 Å². The van der Waals surface area contributed by atoms with E-state index in [4.69, 9.17) is 13.6 Å². The molecule has 0 spiro atoms. The highest BCUT2D eigenvalue weighted by molar-refractivity contribution is 6.73. The first-order chi connectivity index (χ1) is 10.6. The second-order valence-electron chi connectivity index (χ2n) is 8.47. The van der Waals surface area contributed by atoms with E-state index in [1.54, 1.807) is 12.5 Å². The lowest BCUT2D eigenvalue weighted by Crippen LogP contribution is -2.65. The van der Waals surface area contributed by atoms with Crippen LogP contribution in [0.2, 0.25) is 10.1 Å². The fraction of sp³-hybridized carbons (Fsp3) is 0.706. The zero-order valence-electron chi connectivity index (χ0n) is 14.9. The molecule has 3 atom stereocenters. The molecule has 3 heterocycles. The third-order valence-corrected chi connectivity index (χ3v) is 9.82. The first kappa shape index (κ1) is 16.9. The van der Waals surface area contributed by atoms with Crippen LogP contribution in [-0.4, -0.2) is 36.9 Å². The fourth-order valence-electron chi connectivity index (χ4n) is 3.81. The molecule has 2 aliphatic rings. The predicted molar refractivity (Wildman–Crippen MR) is 91.3 cm³/mol. The molecule has 1 saturated heterocycles. The summed E-state index contributed by atoms with van der Waals surface area (Å²) in [5.74, 6) is 0. The topological polar surface area (TPSA) is 45.5 Å². The first-order valence-corrected chi connectivity index (χ1v) is 10.1. The molecule has 1 aromatic rings. The number of fused-ring (bicyclic) bond motifs is 1. The Kier molecular flexibility index (Phi) is 4.07. The van der Waals surface area contributed by atoms with Gasteiger partial charge in [0.1, 0.15) is 6.10 Å². The molecule has 1 aromatic heterocycles. The molecule has 0 N–H and O–H groups in total.